The molecule has 0 aliphatic carbocycles. The van der Waals surface area contributed by atoms with E-state index in [1.54, 1.807) is 0 Å². The van der Waals surface area contributed by atoms with Crippen molar-refractivity contribution in [2.45, 2.75) is 12.8 Å². The molecule has 0 saturated carbocycles. The predicted octanol–water partition coefficient (Wildman–Crippen LogP) is 1.46. The maximum absolute atomic E-state index is 8.43. The number of hydrogen-bond donors (Lipinski definition) is 3. The van der Waals surface area contributed by atoms with Gasteiger partial charge in [-0.05, 0) is 30.7 Å². The van der Waals surface area contributed by atoms with Crippen LogP contribution in [-0.4, -0.2) is 43.9 Å². The summed E-state index contributed by atoms with van der Waals surface area (Å²) in [4.78, 5) is 2.33. The first kappa shape index (κ1) is 14.5. The van der Waals surface area contributed by atoms with Crippen molar-refractivity contribution in [1.29, 1.82) is 0 Å². The summed E-state index contributed by atoms with van der Waals surface area (Å²) in [7, 11) is 0. The quantitative estimate of drug-likeness (QED) is 0.241. The fraction of sp³-hybridized carbons (Fsp3) is 0.500. The van der Waals surface area contributed by atoms with Crippen molar-refractivity contribution < 1.29 is 9.94 Å². The highest BCUT2D eigenvalue weighted by atomic mass is 16.5. The normalized spacial score (nSPS) is 16.2. The van der Waals surface area contributed by atoms with Gasteiger partial charge in [0.15, 0.2) is 0 Å². The standard InChI is InChI=1S/C14H22N4O2/c15-14(17-19)2-1-7-16-12-3-5-13(6-4-12)18-8-10-20-11-9-18/h3-6,16,19H,1-2,7-11H2,(H2,15,17). The van der Waals surface area contributed by atoms with Gasteiger partial charge in [0.1, 0.15) is 5.84 Å². The van der Waals surface area contributed by atoms with E-state index in [4.69, 9.17) is 15.7 Å². The molecule has 2 rings (SSSR count). The van der Waals surface area contributed by atoms with Crippen LogP contribution in [0.15, 0.2) is 29.4 Å². The summed E-state index contributed by atoms with van der Waals surface area (Å²) in [6.45, 7) is 4.30. The number of oxime groups is 1. The minimum atomic E-state index is 0.273. The first-order valence-electron chi connectivity index (χ1n) is 6.92. The Labute approximate surface area is 119 Å². The Kier molecular flexibility index (Phi) is 5.49. The summed E-state index contributed by atoms with van der Waals surface area (Å²) in [6.07, 6.45) is 1.43. The number of hydrogen-bond acceptors (Lipinski definition) is 5. The molecular weight excluding hydrogens is 256 g/mol. The number of nitrogens with two attached hydrogens (primary N) is 1. The van der Waals surface area contributed by atoms with Crippen molar-refractivity contribution in [3.63, 3.8) is 0 Å². The van der Waals surface area contributed by atoms with Crippen LogP contribution in [-0.2, 0) is 4.74 Å². The van der Waals surface area contributed by atoms with E-state index >= 15 is 0 Å². The molecule has 1 saturated heterocycles. The van der Waals surface area contributed by atoms with Crippen LogP contribution in [0.25, 0.3) is 0 Å². The maximum Gasteiger partial charge on any atom is 0.139 e. The third-order valence-corrected chi connectivity index (χ3v) is 3.31. The Morgan fingerprint density at radius 1 is 1.30 bits per heavy atom. The van der Waals surface area contributed by atoms with E-state index in [1.807, 2.05) is 0 Å². The lowest BCUT2D eigenvalue weighted by Gasteiger charge is -2.28. The van der Waals surface area contributed by atoms with Crippen LogP contribution < -0.4 is 16.0 Å². The summed E-state index contributed by atoms with van der Waals surface area (Å²) in [5, 5.41) is 14.7. The van der Waals surface area contributed by atoms with Crippen LogP contribution in [0.5, 0.6) is 0 Å². The van der Waals surface area contributed by atoms with Gasteiger partial charge < -0.3 is 25.9 Å². The van der Waals surface area contributed by atoms with E-state index in [0.29, 0.717) is 6.42 Å². The van der Waals surface area contributed by atoms with E-state index in [-0.39, 0.29) is 5.84 Å². The zero-order valence-corrected chi connectivity index (χ0v) is 11.6. The molecule has 110 valence electrons. The second kappa shape index (κ2) is 7.59. The van der Waals surface area contributed by atoms with Crippen molar-refractivity contribution in [1.82, 2.24) is 0 Å². The van der Waals surface area contributed by atoms with E-state index in [2.05, 4.69) is 39.6 Å². The topological polar surface area (TPSA) is 83.1 Å². The van der Waals surface area contributed by atoms with Gasteiger partial charge in [-0.15, -0.1) is 0 Å². The third kappa shape index (κ3) is 4.31. The van der Waals surface area contributed by atoms with Gasteiger partial charge in [-0.25, -0.2) is 0 Å². The smallest absolute Gasteiger partial charge is 0.139 e. The number of rotatable bonds is 6. The number of anilines is 2. The minimum absolute atomic E-state index is 0.273. The van der Waals surface area contributed by atoms with Gasteiger partial charge in [0.05, 0.1) is 13.2 Å². The maximum atomic E-state index is 8.43. The number of ether oxygens (including phenoxy) is 1. The third-order valence-electron chi connectivity index (χ3n) is 3.31. The van der Waals surface area contributed by atoms with Crippen LogP contribution in [0.2, 0.25) is 0 Å². The van der Waals surface area contributed by atoms with E-state index in [9.17, 15) is 0 Å². The molecule has 0 spiro atoms. The molecule has 0 aromatic heterocycles. The van der Waals surface area contributed by atoms with Crippen molar-refractivity contribution in [2.24, 2.45) is 10.9 Å². The van der Waals surface area contributed by atoms with Crippen molar-refractivity contribution in [2.75, 3.05) is 43.1 Å². The monoisotopic (exact) mass is 278 g/mol. The average Bonchev–Trinajstić information content (AvgIpc) is 2.52. The molecule has 1 aromatic rings. The average molecular weight is 278 g/mol. The Morgan fingerprint density at radius 3 is 2.65 bits per heavy atom. The van der Waals surface area contributed by atoms with Crippen LogP contribution in [0.4, 0.5) is 11.4 Å². The highest BCUT2D eigenvalue weighted by Gasteiger charge is 2.10. The molecule has 4 N–H and O–H groups in total. The first-order valence-corrected chi connectivity index (χ1v) is 6.92. The lowest BCUT2D eigenvalue weighted by molar-refractivity contribution is 0.122. The fourth-order valence-electron chi connectivity index (χ4n) is 2.16. The highest BCUT2D eigenvalue weighted by Crippen LogP contribution is 2.18. The number of nitrogens with zero attached hydrogens (tertiary/aromatic N) is 2. The molecule has 0 atom stereocenters. The van der Waals surface area contributed by atoms with Gasteiger partial charge >= 0.3 is 0 Å². The summed E-state index contributed by atoms with van der Waals surface area (Å²) >= 11 is 0. The zero-order valence-electron chi connectivity index (χ0n) is 11.6. The summed E-state index contributed by atoms with van der Waals surface area (Å²) in [6, 6.07) is 8.40. The van der Waals surface area contributed by atoms with Gasteiger partial charge in [-0.1, -0.05) is 5.16 Å². The molecule has 1 aliphatic heterocycles. The Morgan fingerprint density at radius 2 is 2.00 bits per heavy atom. The number of amidine groups is 1. The lowest BCUT2D eigenvalue weighted by Crippen LogP contribution is -2.36. The second-order valence-corrected chi connectivity index (χ2v) is 4.77. The molecule has 0 bridgehead atoms. The lowest BCUT2D eigenvalue weighted by atomic mass is 10.2. The molecule has 6 heteroatoms. The van der Waals surface area contributed by atoms with Gasteiger partial charge in [-0.2, -0.15) is 0 Å². The molecule has 1 aliphatic rings. The van der Waals surface area contributed by atoms with Crippen molar-refractivity contribution in [3.05, 3.63) is 24.3 Å². The number of nitrogens with one attached hydrogen (secondary N) is 1. The molecule has 0 unspecified atom stereocenters. The highest BCUT2D eigenvalue weighted by molar-refractivity contribution is 5.79. The molecular formula is C14H22N4O2. The van der Waals surface area contributed by atoms with E-state index in [0.717, 1.165) is 45.0 Å². The van der Waals surface area contributed by atoms with Crippen LogP contribution >= 0.6 is 0 Å². The summed E-state index contributed by atoms with van der Waals surface area (Å²) in [5.74, 6) is 0.273. The van der Waals surface area contributed by atoms with Gasteiger partial charge in [0.2, 0.25) is 0 Å². The Bertz CT molecular complexity index is 427. The van der Waals surface area contributed by atoms with Crippen LogP contribution in [0, 0.1) is 0 Å². The Hall–Kier alpha value is -1.95. The molecule has 20 heavy (non-hydrogen) atoms. The largest absolute Gasteiger partial charge is 0.409 e. The summed E-state index contributed by atoms with van der Waals surface area (Å²) in [5.41, 5.74) is 7.73. The molecule has 0 amide bonds. The summed E-state index contributed by atoms with van der Waals surface area (Å²) < 4.78 is 5.35. The van der Waals surface area contributed by atoms with E-state index in [1.165, 1.54) is 5.69 Å². The molecule has 1 fully saturated rings. The fourth-order valence-corrected chi connectivity index (χ4v) is 2.16. The van der Waals surface area contributed by atoms with Gasteiger partial charge in [0, 0.05) is 37.4 Å². The molecule has 1 aromatic carbocycles. The number of morpholine rings is 1. The van der Waals surface area contributed by atoms with Crippen LogP contribution in [0.3, 0.4) is 0 Å². The predicted molar refractivity (Wildman–Crippen MR) is 80.6 cm³/mol. The SMILES string of the molecule is NC(CCCNc1ccc(N2CCOCC2)cc1)=NO. The van der Waals surface area contributed by atoms with Gasteiger partial charge in [0.25, 0.3) is 0 Å². The van der Waals surface area contributed by atoms with Crippen LogP contribution in [0.1, 0.15) is 12.8 Å². The zero-order chi connectivity index (χ0) is 14.2. The minimum Gasteiger partial charge on any atom is -0.409 e. The van der Waals surface area contributed by atoms with E-state index < -0.39 is 0 Å². The first-order chi connectivity index (χ1) is 9.79. The van der Waals surface area contributed by atoms with Crippen molar-refractivity contribution >= 4 is 17.2 Å². The number of benzene rings is 1. The molecule has 0 radical (unpaired) electrons. The second-order valence-electron chi connectivity index (χ2n) is 4.77. The molecule has 6 nitrogen and oxygen atoms in total. The van der Waals surface area contributed by atoms with Crippen molar-refractivity contribution in [3.8, 4) is 0 Å². The molecule has 1 heterocycles. The Balaban J connectivity index is 1.76. The van der Waals surface area contributed by atoms with Gasteiger partial charge in [-0.3, -0.25) is 0 Å².